The maximum Gasteiger partial charge on any atom is 0.472 e. The molecule has 0 bridgehead atoms. The van der Waals surface area contributed by atoms with Gasteiger partial charge in [-0.3, -0.25) is 37.3 Å². The molecule has 0 amide bonds. The van der Waals surface area contributed by atoms with E-state index >= 15 is 0 Å². The number of esters is 4. The van der Waals surface area contributed by atoms with Crippen molar-refractivity contribution in [3.05, 3.63) is 0 Å². The Morgan fingerprint density at radius 3 is 0.723 bits per heavy atom. The van der Waals surface area contributed by atoms with Crippen LogP contribution in [-0.2, 0) is 65.4 Å². The van der Waals surface area contributed by atoms with Crippen LogP contribution in [0.5, 0.6) is 0 Å². The van der Waals surface area contributed by atoms with Gasteiger partial charge in [0.15, 0.2) is 12.2 Å². The highest BCUT2D eigenvalue weighted by atomic mass is 31.2. The number of carbonyl (C=O) groups excluding carboxylic acids is 4. The SMILES string of the molecule is CCCCCCCCCCCCCCCCCCCCCC(=O)O[C@H](COC(=O)CCCCCCCCCCCCCCC)COP(=O)(O)OC[C@@H](O)COP(=O)(O)OC[C@@H](COC(=O)CCCCCCCCCC(C)C)OC(=O)CCCCCCCCCCCC(C)C. The van der Waals surface area contributed by atoms with Crippen molar-refractivity contribution in [2.75, 3.05) is 39.6 Å². The molecule has 0 heterocycles. The highest BCUT2D eigenvalue weighted by Crippen LogP contribution is 2.45. The zero-order chi connectivity index (χ0) is 69.3. The molecule has 0 aliphatic rings. The number of phosphoric ester groups is 2. The van der Waals surface area contributed by atoms with Crippen molar-refractivity contribution in [3.8, 4) is 0 Å². The molecule has 558 valence electrons. The molecule has 0 rings (SSSR count). The van der Waals surface area contributed by atoms with Crippen molar-refractivity contribution in [2.24, 2.45) is 11.8 Å². The summed E-state index contributed by atoms with van der Waals surface area (Å²) < 4.78 is 68.5. The Kier molecular flexibility index (Phi) is 65.5. The van der Waals surface area contributed by atoms with Gasteiger partial charge in [0.1, 0.15) is 19.3 Å². The number of aliphatic hydroxyl groups excluding tert-OH is 1. The van der Waals surface area contributed by atoms with Crippen LogP contribution in [0.25, 0.3) is 0 Å². The Morgan fingerprint density at radius 1 is 0.287 bits per heavy atom. The monoisotopic (exact) mass is 1380 g/mol. The fourth-order valence-electron chi connectivity index (χ4n) is 11.5. The first-order valence-electron chi connectivity index (χ1n) is 39.0. The molecule has 0 aliphatic carbocycles. The van der Waals surface area contributed by atoms with E-state index in [1.165, 1.54) is 199 Å². The van der Waals surface area contributed by atoms with Crippen LogP contribution in [0.4, 0.5) is 0 Å². The van der Waals surface area contributed by atoms with Crippen molar-refractivity contribution in [2.45, 2.75) is 407 Å². The zero-order valence-electron chi connectivity index (χ0n) is 61.3. The van der Waals surface area contributed by atoms with Gasteiger partial charge in [0, 0.05) is 25.7 Å². The molecule has 0 saturated heterocycles. The number of carbonyl (C=O) groups is 4. The lowest BCUT2D eigenvalue weighted by atomic mass is 10.0. The smallest absolute Gasteiger partial charge is 0.462 e. The van der Waals surface area contributed by atoms with Gasteiger partial charge >= 0.3 is 39.5 Å². The lowest BCUT2D eigenvalue weighted by molar-refractivity contribution is -0.161. The number of phosphoric acid groups is 2. The highest BCUT2D eigenvalue weighted by Gasteiger charge is 2.30. The molecule has 5 atom stereocenters. The van der Waals surface area contributed by atoms with Crippen LogP contribution >= 0.6 is 15.6 Å². The molecule has 0 aromatic rings. The Labute approximate surface area is 575 Å². The predicted octanol–water partition coefficient (Wildman–Crippen LogP) is 21.9. The molecule has 0 radical (unpaired) electrons. The third-order valence-corrected chi connectivity index (χ3v) is 19.4. The molecule has 0 aromatic carbocycles. The topological polar surface area (TPSA) is 237 Å². The summed E-state index contributed by atoms with van der Waals surface area (Å²) in [7, 11) is -9.91. The van der Waals surface area contributed by atoms with E-state index in [2.05, 4.69) is 41.5 Å². The number of hydrogen-bond donors (Lipinski definition) is 3. The molecular formula is C75H146O17P2. The van der Waals surface area contributed by atoms with Gasteiger partial charge in [-0.2, -0.15) is 0 Å². The van der Waals surface area contributed by atoms with E-state index in [0.717, 1.165) is 102 Å². The third kappa shape index (κ3) is 68.6. The van der Waals surface area contributed by atoms with Gasteiger partial charge in [-0.05, 0) is 37.5 Å². The van der Waals surface area contributed by atoms with Gasteiger partial charge in [0.25, 0.3) is 0 Å². The minimum atomic E-state index is -4.96. The van der Waals surface area contributed by atoms with Crippen LogP contribution < -0.4 is 0 Å². The van der Waals surface area contributed by atoms with Crippen molar-refractivity contribution in [1.82, 2.24) is 0 Å². The van der Waals surface area contributed by atoms with E-state index in [1.54, 1.807) is 0 Å². The quantitative estimate of drug-likeness (QED) is 0.0222. The normalized spacial score (nSPS) is 14.0. The molecule has 0 fully saturated rings. The van der Waals surface area contributed by atoms with E-state index in [-0.39, 0.29) is 25.7 Å². The van der Waals surface area contributed by atoms with Crippen LogP contribution in [0.3, 0.4) is 0 Å². The summed E-state index contributed by atoms with van der Waals surface area (Å²) in [5.74, 6) is -0.677. The third-order valence-electron chi connectivity index (χ3n) is 17.5. The molecule has 0 saturated carbocycles. The van der Waals surface area contributed by atoms with E-state index < -0.39 is 97.5 Å². The van der Waals surface area contributed by atoms with E-state index in [1.807, 2.05) is 0 Å². The number of aliphatic hydroxyl groups is 1. The number of ether oxygens (including phenoxy) is 4. The molecule has 17 nitrogen and oxygen atoms in total. The van der Waals surface area contributed by atoms with Gasteiger partial charge < -0.3 is 33.8 Å². The first-order chi connectivity index (χ1) is 45.4. The van der Waals surface area contributed by atoms with Crippen LogP contribution in [0.1, 0.15) is 388 Å². The summed E-state index contributed by atoms with van der Waals surface area (Å²) in [6, 6.07) is 0. The zero-order valence-corrected chi connectivity index (χ0v) is 63.1. The molecule has 0 spiro atoms. The summed E-state index contributed by atoms with van der Waals surface area (Å²) in [6.45, 7) is 9.51. The lowest BCUT2D eigenvalue weighted by Crippen LogP contribution is -2.30. The minimum absolute atomic E-state index is 0.105. The van der Waals surface area contributed by atoms with Crippen molar-refractivity contribution >= 4 is 39.5 Å². The fraction of sp³-hybridized carbons (Fsp3) is 0.947. The average Bonchev–Trinajstić information content (AvgIpc) is 1.82. The summed E-state index contributed by atoms with van der Waals surface area (Å²) >= 11 is 0. The number of unbranched alkanes of at least 4 members (excludes halogenated alkanes) is 44. The van der Waals surface area contributed by atoms with Gasteiger partial charge in [0.05, 0.1) is 26.4 Å². The lowest BCUT2D eigenvalue weighted by Gasteiger charge is -2.21. The van der Waals surface area contributed by atoms with Crippen LogP contribution in [0, 0.1) is 11.8 Å². The van der Waals surface area contributed by atoms with Crippen LogP contribution in [0.15, 0.2) is 0 Å². The summed E-state index contributed by atoms with van der Waals surface area (Å²) in [4.78, 5) is 72.7. The average molecular weight is 1380 g/mol. The first kappa shape index (κ1) is 92.1. The number of rotatable bonds is 74. The molecular weight excluding hydrogens is 1230 g/mol. The van der Waals surface area contributed by atoms with E-state index in [9.17, 15) is 43.2 Å². The second-order valence-electron chi connectivity index (χ2n) is 28.0. The Bertz CT molecular complexity index is 1820. The van der Waals surface area contributed by atoms with Gasteiger partial charge in [-0.15, -0.1) is 0 Å². The maximum atomic E-state index is 13.1. The van der Waals surface area contributed by atoms with Crippen molar-refractivity contribution in [1.29, 1.82) is 0 Å². The van der Waals surface area contributed by atoms with Gasteiger partial charge in [-0.1, -0.05) is 337 Å². The standard InChI is InChI=1S/C75H146O17P2/c1-7-9-11-13-15-17-19-21-22-23-24-25-26-28-30-34-40-47-53-59-74(79)91-70(63-85-72(77)57-51-45-39-33-29-27-20-18-16-14-12-10-8-2)65-89-93(81,82)87-61-69(76)62-88-94(83,84)90-66-71(64-86-73(78)58-52-46-42-36-38-44-50-56-68(5)6)92-75(80)60-54-48-41-35-31-32-37-43-49-55-67(3)4/h67-71,76H,7-66H2,1-6H3,(H,81,82)(H,83,84)/t69-,70-,71-/m1/s1. The van der Waals surface area contributed by atoms with Crippen LogP contribution in [-0.4, -0.2) is 96.7 Å². The molecule has 19 heteroatoms. The van der Waals surface area contributed by atoms with Crippen molar-refractivity contribution in [3.63, 3.8) is 0 Å². The second-order valence-corrected chi connectivity index (χ2v) is 30.9. The second kappa shape index (κ2) is 66.9. The molecule has 2 unspecified atom stereocenters. The summed E-state index contributed by atoms with van der Waals surface area (Å²) in [5.41, 5.74) is 0. The predicted molar refractivity (Wildman–Crippen MR) is 381 cm³/mol. The van der Waals surface area contributed by atoms with E-state index in [4.69, 9.17) is 37.0 Å². The van der Waals surface area contributed by atoms with Crippen LogP contribution in [0.2, 0.25) is 0 Å². The summed E-state index contributed by atoms with van der Waals surface area (Å²) in [5, 5.41) is 10.6. The summed E-state index contributed by atoms with van der Waals surface area (Å²) in [6.07, 6.45) is 54.2. The van der Waals surface area contributed by atoms with E-state index in [0.29, 0.717) is 31.6 Å². The number of hydrogen-bond acceptors (Lipinski definition) is 15. The Morgan fingerprint density at radius 2 is 0.489 bits per heavy atom. The minimum Gasteiger partial charge on any atom is -0.462 e. The Balaban J connectivity index is 5.22. The van der Waals surface area contributed by atoms with Gasteiger partial charge in [-0.25, -0.2) is 9.13 Å². The highest BCUT2D eigenvalue weighted by molar-refractivity contribution is 7.47. The Hall–Kier alpha value is -1.94. The first-order valence-corrected chi connectivity index (χ1v) is 42.0. The van der Waals surface area contributed by atoms with Crippen molar-refractivity contribution < 1.29 is 80.2 Å². The molecule has 0 aliphatic heterocycles. The van der Waals surface area contributed by atoms with Gasteiger partial charge in [0.2, 0.25) is 0 Å². The molecule has 3 N–H and O–H groups in total. The molecule has 94 heavy (non-hydrogen) atoms. The molecule has 0 aromatic heterocycles. The fourth-order valence-corrected chi connectivity index (χ4v) is 13.1. The largest absolute Gasteiger partial charge is 0.472 e. The maximum absolute atomic E-state index is 13.1.